The number of alkyl carbamates (subject to hydrolysis) is 1. The number of carbonyl (C=O) groups excluding carboxylic acids is 4. The molecule has 0 heterocycles. The minimum atomic E-state index is -0.865. The van der Waals surface area contributed by atoms with Crippen LogP contribution in [0.5, 0.6) is 0 Å². The first-order valence-electron chi connectivity index (χ1n) is 11.6. The number of benzene rings is 1. The van der Waals surface area contributed by atoms with Crippen LogP contribution in [0.1, 0.15) is 66.4 Å². The average Bonchev–Trinajstić information content (AvgIpc) is 2.70. The first-order chi connectivity index (χ1) is 15.7. The monoisotopic (exact) mass is 476 g/mol. The molecule has 0 aliphatic carbocycles. The molecule has 0 fully saturated rings. The van der Waals surface area contributed by atoms with Gasteiger partial charge in [0.15, 0.2) is 0 Å². The summed E-state index contributed by atoms with van der Waals surface area (Å²) >= 11 is 0. The van der Waals surface area contributed by atoms with Crippen molar-refractivity contribution in [3.05, 3.63) is 35.9 Å². The van der Waals surface area contributed by atoms with Crippen LogP contribution >= 0.6 is 0 Å². The molecule has 0 spiro atoms. The van der Waals surface area contributed by atoms with Crippen molar-refractivity contribution in [1.82, 2.24) is 21.3 Å². The van der Waals surface area contributed by atoms with Gasteiger partial charge >= 0.3 is 6.09 Å². The Balaban J connectivity index is 2.60. The molecule has 4 N–H and O–H groups in total. The highest BCUT2D eigenvalue weighted by molar-refractivity contribution is 5.88. The molecule has 0 aliphatic heterocycles. The molecule has 190 valence electrons. The summed E-state index contributed by atoms with van der Waals surface area (Å²) in [6, 6.07) is 8.73. The van der Waals surface area contributed by atoms with Gasteiger partial charge in [-0.05, 0) is 59.9 Å². The Hall–Kier alpha value is -3.10. The number of nitrogens with one attached hydrogen (secondary N) is 4. The quantitative estimate of drug-likeness (QED) is 0.365. The summed E-state index contributed by atoms with van der Waals surface area (Å²) in [4.78, 5) is 49.1. The van der Waals surface area contributed by atoms with Crippen LogP contribution in [0.25, 0.3) is 0 Å². The molecule has 9 nitrogen and oxygen atoms in total. The van der Waals surface area contributed by atoms with Crippen LogP contribution in [0.3, 0.4) is 0 Å². The predicted octanol–water partition coefficient (Wildman–Crippen LogP) is 2.44. The van der Waals surface area contributed by atoms with Gasteiger partial charge in [0.2, 0.25) is 17.7 Å². The van der Waals surface area contributed by atoms with Gasteiger partial charge in [-0.2, -0.15) is 0 Å². The number of carbonyl (C=O) groups is 4. The fourth-order valence-corrected chi connectivity index (χ4v) is 2.98. The summed E-state index contributed by atoms with van der Waals surface area (Å²) in [5.74, 6) is -0.884. The maximum Gasteiger partial charge on any atom is 0.407 e. The number of aryl methyl sites for hydroxylation is 1. The molecule has 0 aliphatic rings. The van der Waals surface area contributed by atoms with E-state index in [0.29, 0.717) is 6.42 Å². The van der Waals surface area contributed by atoms with Crippen molar-refractivity contribution in [3.8, 4) is 0 Å². The Morgan fingerprint density at radius 1 is 0.853 bits per heavy atom. The van der Waals surface area contributed by atoms with Crippen LogP contribution in [-0.2, 0) is 25.5 Å². The molecule has 0 bridgehead atoms. The van der Waals surface area contributed by atoms with Crippen molar-refractivity contribution >= 4 is 23.8 Å². The second-order valence-electron chi connectivity index (χ2n) is 10.2. The van der Waals surface area contributed by atoms with Crippen LogP contribution in [0.4, 0.5) is 4.79 Å². The zero-order valence-corrected chi connectivity index (χ0v) is 21.2. The second kappa shape index (κ2) is 13.6. The van der Waals surface area contributed by atoms with E-state index in [1.807, 2.05) is 51.1 Å². The third-order valence-corrected chi connectivity index (χ3v) is 4.40. The summed E-state index contributed by atoms with van der Waals surface area (Å²) in [6.07, 6.45) is 0.439. The summed E-state index contributed by atoms with van der Waals surface area (Å²) in [5, 5.41) is 10.9. The van der Waals surface area contributed by atoms with Gasteiger partial charge in [-0.1, -0.05) is 30.3 Å². The van der Waals surface area contributed by atoms with E-state index in [1.165, 1.54) is 0 Å². The van der Waals surface area contributed by atoms with Gasteiger partial charge in [0.05, 0.1) is 0 Å². The van der Waals surface area contributed by atoms with Crippen molar-refractivity contribution < 1.29 is 23.9 Å². The Morgan fingerprint density at radius 2 is 1.47 bits per heavy atom. The van der Waals surface area contributed by atoms with E-state index in [9.17, 15) is 19.2 Å². The second-order valence-corrected chi connectivity index (χ2v) is 10.2. The third-order valence-electron chi connectivity index (χ3n) is 4.40. The zero-order chi connectivity index (χ0) is 25.8. The van der Waals surface area contributed by atoms with Gasteiger partial charge < -0.3 is 26.0 Å². The van der Waals surface area contributed by atoms with Gasteiger partial charge in [0.25, 0.3) is 0 Å². The summed E-state index contributed by atoms with van der Waals surface area (Å²) < 4.78 is 5.15. The third kappa shape index (κ3) is 14.1. The Morgan fingerprint density at radius 3 is 2.06 bits per heavy atom. The number of hydrogen-bond acceptors (Lipinski definition) is 5. The Labute approximate surface area is 202 Å². The van der Waals surface area contributed by atoms with Gasteiger partial charge in [0.1, 0.15) is 11.6 Å². The van der Waals surface area contributed by atoms with E-state index in [0.717, 1.165) is 5.56 Å². The standard InChI is InChI=1S/C25H40N4O5/c1-24(2,3)29-21(31)15-13-19(28-20(30)14-12-18-10-8-7-9-11-18)22(32)26-16-17-27-23(33)34-25(4,5)6/h7-11,19H,12-17H2,1-6H3,(H,26,32)(H,27,33)(H,28,30)(H,29,31)/t19-/m0/s1. The number of hydrogen-bond donors (Lipinski definition) is 4. The molecule has 0 radical (unpaired) electrons. The van der Waals surface area contributed by atoms with Crippen LogP contribution in [0, 0.1) is 0 Å². The molecule has 1 aromatic rings. The molecule has 9 heteroatoms. The fourth-order valence-electron chi connectivity index (χ4n) is 2.98. The minimum Gasteiger partial charge on any atom is -0.444 e. The summed E-state index contributed by atoms with van der Waals surface area (Å²) in [5.41, 5.74) is 0.0217. The topological polar surface area (TPSA) is 126 Å². The first-order valence-corrected chi connectivity index (χ1v) is 11.6. The van der Waals surface area contributed by atoms with Crippen LogP contribution in [-0.4, -0.2) is 54.1 Å². The highest BCUT2D eigenvalue weighted by Gasteiger charge is 2.23. The van der Waals surface area contributed by atoms with Crippen molar-refractivity contribution in [2.75, 3.05) is 13.1 Å². The van der Waals surface area contributed by atoms with E-state index < -0.39 is 23.6 Å². The maximum absolute atomic E-state index is 12.7. The Bertz CT molecular complexity index is 813. The first kappa shape index (κ1) is 28.9. The normalized spacial score (nSPS) is 12.3. The number of ether oxygens (including phenoxy) is 1. The fraction of sp³-hybridized carbons (Fsp3) is 0.600. The molecule has 0 aromatic heterocycles. The molecule has 0 saturated carbocycles. The molecule has 4 amide bonds. The van der Waals surface area contributed by atoms with Crippen LogP contribution in [0.2, 0.25) is 0 Å². The molecule has 0 saturated heterocycles. The SMILES string of the molecule is CC(C)(C)NC(=O)CC[C@H](NC(=O)CCc1ccccc1)C(=O)NCCNC(=O)OC(C)(C)C. The highest BCUT2D eigenvalue weighted by atomic mass is 16.6. The predicted molar refractivity (Wildman–Crippen MR) is 131 cm³/mol. The van der Waals surface area contributed by atoms with E-state index in [2.05, 4.69) is 21.3 Å². The molecule has 1 atom stereocenters. The lowest BCUT2D eigenvalue weighted by molar-refractivity contribution is -0.130. The van der Waals surface area contributed by atoms with Gasteiger partial charge in [0, 0.05) is 31.5 Å². The van der Waals surface area contributed by atoms with Crippen LogP contribution in [0.15, 0.2) is 30.3 Å². The van der Waals surface area contributed by atoms with Crippen molar-refractivity contribution in [3.63, 3.8) is 0 Å². The largest absolute Gasteiger partial charge is 0.444 e. The smallest absolute Gasteiger partial charge is 0.407 e. The average molecular weight is 477 g/mol. The lowest BCUT2D eigenvalue weighted by Gasteiger charge is -2.22. The maximum atomic E-state index is 12.7. The van der Waals surface area contributed by atoms with E-state index >= 15 is 0 Å². The van der Waals surface area contributed by atoms with Gasteiger partial charge in [-0.15, -0.1) is 0 Å². The minimum absolute atomic E-state index is 0.0878. The van der Waals surface area contributed by atoms with E-state index in [-0.39, 0.29) is 49.7 Å². The summed E-state index contributed by atoms with van der Waals surface area (Å²) in [6.45, 7) is 11.2. The summed E-state index contributed by atoms with van der Waals surface area (Å²) in [7, 11) is 0. The number of amides is 4. The lowest BCUT2D eigenvalue weighted by Crippen LogP contribution is -2.49. The highest BCUT2D eigenvalue weighted by Crippen LogP contribution is 2.07. The molecule has 1 aromatic carbocycles. The number of rotatable bonds is 11. The Kier molecular flexibility index (Phi) is 11.5. The van der Waals surface area contributed by atoms with Gasteiger partial charge in [-0.25, -0.2) is 4.79 Å². The van der Waals surface area contributed by atoms with Crippen molar-refractivity contribution in [2.24, 2.45) is 0 Å². The molecular formula is C25H40N4O5. The van der Waals surface area contributed by atoms with Crippen LogP contribution < -0.4 is 21.3 Å². The lowest BCUT2D eigenvalue weighted by atomic mass is 10.1. The molecular weight excluding hydrogens is 436 g/mol. The van der Waals surface area contributed by atoms with Crippen molar-refractivity contribution in [2.45, 2.75) is 84.4 Å². The van der Waals surface area contributed by atoms with Gasteiger partial charge in [-0.3, -0.25) is 14.4 Å². The van der Waals surface area contributed by atoms with E-state index in [4.69, 9.17) is 4.74 Å². The van der Waals surface area contributed by atoms with Crippen molar-refractivity contribution in [1.29, 1.82) is 0 Å². The zero-order valence-electron chi connectivity index (χ0n) is 21.2. The molecule has 34 heavy (non-hydrogen) atoms. The van der Waals surface area contributed by atoms with E-state index in [1.54, 1.807) is 20.8 Å². The molecule has 0 unspecified atom stereocenters. The molecule has 1 rings (SSSR count).